The fourth-order valence-electron chi connectivity index (χ4n) is 4.13. The summed E-state index contributed by atoms with van der Waals surface area (Å²) < 4.78 is 8.64. The number of para-hydroxylation sites is 1. The first-order valence-electron chi connectivity index (χ1n) is 11.2. The van der Waals surface area contributed by atoms with Crippen LogP contribution in [0, 0.1) is 24.2 Å². The van der Waals surface area contributed by atoms with Gasteiger partial charge in [0.05, 0.1) is 11.1 Å². The van der Waals surface area contributed by atoms with Gasteiger partial charge in [-0.3, -0.25) is 13.9 Å². The number of nitriles is 1. The van der Waals surface area contributed by atoms with Crippen molar-refractivity contribution in [2.75, 3.05) is 6.61 Å². The Bertz CT molecular complexity index is 1390. The number of aliphatic hydroxyl groups is 1. The molecule has 8 heteroatoms. The molecule has 0 aliphatic carbocycles. The van der Waals surface area contributed by atoms with Crippen LogP contribution < -0.4 is 16.0 Å². The minimum absolute atomic E-state index is 0.114. The lowest BCUT2D eigenvalue weighted by molar-refractivity contribution is 0.277. The van der Waals surface area contributed by atoms with E-state index in [1.54, 1.807) is 31.3 Å². The number of aliphatic hydroxyl groups excluding tert-OH is 1. The van der Waals surface area contributed by atoms with Crippen molar-refractivity contribution in [1.29, 1.82) is 5.26 Å². The Kier molecular flexibility index (Phi) is 6.75. The second-order valence-corrected chi connectivity index (χ2v) is 8.43. The molecule has 0 radical (unpaired) electrons. The molecular formula is C26H26N4O4. The number of ether oxygens (including phenoxy) is 1. The van der Waals surface area contributed by atoms with Crippen LogP contribution in [0.2, 0.25) is 0 Å². The Labute approximate surface area is 197 Å². The number of hydrogen-bond acceptors (Lipinski definition) is 6. The third-order valence-electron chi connectivity index (χ3n) is 5.99. The molecule has 4 rings (SSSR count). The topological polar surface area (TPSA) is 110 Å². The highest BCUT2D eigenvalue weighted by molar-refractivity contribution is 5.86. The maximum Gasteiger partial charge on any atom is 0.332 e. The number of benzene rings is 2. The van der Waals surface area contributed by atoms with E-state index < -0.39 is 5.69 Å². The highest BCUT2D eigenvalue weighted by Gasteiger charge is 2.31. The van der Waals surface area contributed by atoms with E-state index >= 15 is 0 Å². The lowest BCUT2D eigenvalue weighted by atomic mass is 9.90. The van der Waals surface area contributed by atoms with Gasteiger partial charge < -0.3 is 9.84 Å². The van der Waals surface area contributed by atoms with Gasteiger partial charge in [-0.25, -0.2) is 4.79 Å². The molecule has 0 spiro atoms. The average Bonchev–Trinajstić information content (AvgIpc) is 2.85. The molecule has 34 heavy (non-hydrogen) atoms. The summed E-state index contributed by atoms with van der Waals surface area (Å²) >= 11 is 0. The standard InChI is InChI=1S/C26H26N4O4/c1-17-8-10-18(11-9-17)14-20-15-21-23(29(2)26(33)30(25(21)32)12-5-13-31)28-24(20)34-22-7-4-3-6-19(22)16-27/h3-4,6-11,20,31H,5,12-15H2,1-2H3. The van der Waals surface area contributed by atoms with Gasteiger partial charge >= 0.3 is 5.69 Å². The summed E-state index contributed by atoms with van der Waals surface area (Å²) in [6, 6.07) is 17.1. The van der Waals surface area contributed by atoms with Gasteiger partial charge in [0.15, 0.2) is 0 Å². The summed E-state index contributed by atoms with van der Waals surface area (Å²) in [6.45, 7) is 2.04. The van der Waals surface area contributed by atoms with E-state index in [1.807, 2.05) is 31.2 Å². The fraction of sp³-hybridized carbons (Fsp3) is 0.308. The predicted molar refractivity (Wildman–Crippen MR) is 129 cm³/mol. The van der Waals surface area contributed by atoms with Crippen LogP contribution in [0.3, 0.4) is 0 Å². The molecule has 3 aromatic rings. The monoisotopic (exact) mass is 458 g/mol. The van der Waals surface area contributed by atoms with E-state index in [4.69, 9.17) is 4.74 Å². The predicted octanol–water partition coefficient (Wildman–Crippen LogP) is 2.63. The van der Waals surface area contributed by atoms with Crippen LogP contribution in [-0.4, -0.2) is 26.7 Å². The molecule has 0 saturated carbocycles. The fourth-order valence-corrected chi connectivity index (χ4v) is 4.13. The third-order valence-corrected chi connectivity index (χ3v) is 5.99. The Morgan fingerprint density at radius 1 is 1.18 bits per heavy atom. The number of aryl methyl sites for hydroxylation is 1. The first-order chi connectivity index (χ1) is 16.4. The molecule has 1 aliphatic heterocycles. The molecule has 0 saturated heterocycles. The van der Waals surface area contributed by atoms with Crippen LogP contribution in [0.4, 0.5) is 5.82 Å². The zero-order chi connectivity index (χ0) is 24.2. The molecule has 1 aliphatic rings. The van der Waals surface area contributed by atoms with Crippen molar-refractivity contribution < 1.29 is 9.84 Å². The van der Waals surface area contributed by atoms with Crippen LogP contribution in [0.15, 0.2) is 63.1 Å². The largest absolute Gasteiger partial charge is 0.441 e. The van der Waals surface area contributed by atoms with Gasteiger partial charge in [0, 0.05) is 26.1 Å². The van der Waals surface area contributed by atoms with Crippen LogP contribution in [0.1, 0.15) is 28.7 Å². The number of nitrogens with zero attached hydrogens (tertiary/aromatic N) is 4. The second-order valence-electron chi connectivity index (χ2n) is 8.43. The zero-order valence-electron chi connectivity index (χ0n) is 19.2. The first kappa shape index (κ1) is 23.2. The van der Waals surface area contributed by atoms with Crippen molar-refractivity contribution in [2.24, 2.45) is 18.0 Å². The molecule has 174 valence electrons. The number of rotatable bonds is 6. The third kappa shape index (κ3) is 4.56. The maximum absolute atomic E-state index is 13.2. The van der Waals surface area contributed by atoms with Gasteiger partial charge in [-0.15, -0.1) is 0 Å². The lowest BCUT2D eigenvalue weighted by Crippen LogP contribution is -2.43. The molecule has 1 atom stereocenters. The van der Waals surface area contributed by atoms with Crippen molar-refractivity contribution in [2.45, 2.75) is 32.7 Å². The van der Waals surface area contributed by atoms with E-state index in [9.17, 15) is 20.0 Å². The smallest absolute Gasteiger partial charge is 0.332 e. The van der Waals surface area contributed by atoms with E-state index in [-0.39, 0.29) is 30.4 Å². The number of aliphatic imine (C=N–C) groups is 1. The summed E-state index contributed by atoms with van der Waals surface area (Å²) in [6.07, 6.45) is 1.22. The van der Waals surface area contributed by atoms with Gasteiger partial charge in [0.25, 0.3) is 5.56 Å². The zero-order valence-corrected chi connectivity index (χ0v) is 19.2. The molecule has 0 amide bonds. The summed E-state index contributed by atoms with van der Waals surface area (Å²) in [5.74, 6) is 0.735. The van der Waals surface area contributed by atoms with Crippen molar-refractivity contribution >= 4 is 11.7 Å². The van der Waals surface area contributed by atoms with Crippen molar-refractivity contribution in [3.05, 3.63) is 91.6 Å². The molecule has 2 heterocycles. The van der Waals surface area contributed by atoms with Crippen LogP contribution in [-0.2, 0) is 26.4 Å². The molecule has 1 N–H and O–H groups in total. The van der Waals surface area contributed by atoms with E-state index in [0.29, 0.717) is 42.0 Å². The minimum Gasteiger partial charge on any atom is -0.441 e. The molecule has 2 aromatic carbocycles. The van der Waals surface area contributed by atoms with Gasteiger partial charge in [-0.1, -0.05) is 42.0 Å². The molecule has 0 bridgehead atoms. The molecule has 0 fully saturated rings. The van der Waals surface area contributed by atoms with Gasteiger partial charge in [-0.05, 0) is 43.9 Å². The van der Waals surface area contributed by atoms with Crippen molar-refractivity contribution in [1.82, 2.24) is 9.13 Å². The summed E-state index contributed by atoms with van der Waals surface area (Å²) in [4.78, 5) is 30.7. The van der Waals surface area contributed by atoms with Gasteiger partial charge in [-0.2, -0.15) is 10.3 Å². The van der Waals surface area contributed by atoms with Gasteiger partial charge in [0.1, 0.15) is 17.6 Å². The molecule has 1 unspecified atom stereocenters. The minimum atomic E-state index is -0.491. The lowest BCUT2D eigenvalue weighted by Gasteiger charge is -2.26. The Hall–Kier alpha value is -3.96. The highest BCUT2D eigenvalue weighted by Crippen LogP contribution is 2.30. The number of hydrogen-bond donors (Lipinski definition) is 1. The van der Waals surface area contributed by atoms with Crippen LogP contribution >= 0.6 is 0 Å². The second kappa shape index (κ2) is 9.89. The van der Waals surface area contributed by atoms with Crippen molar-refractivity contribution in [3.8, 4) is 11.8 Å². The summed E-state index contributed by atoms with van der Waals surface area (Å²) in [5, 5.41) is 18.6. The van der Waals surface area contributed by atoms with E-state index in [0.717, 1.165) is 15.7 Å². The van der Waals surface area contributed by atoms with Crippen LogP contribution in [0.25, 0.3) is 0 Å². The van der Waals surface area contributed by atoms with Crippen LogP contribution in [0.5, 0.6) is 5.75 Å². The number of fused-ring (bicyclic) bond motifs is 1. The number of aromatic nitrogens is 2. The quantitative estimate of drug-likeness (QED) is 0.611. The maximum atomic E-state index is 13.2. The molecule has 8 nitrogen and oxygen atoms in total. The normalized spacial score (nSPS) is 14.8. The average molecular weight is 459 g/mol. The van der Waals surface area contributed by atoms with Crippen molar-refractivity contribution in [3.63, 3.8) is 0 Å². The summed E-state index contributed by atoms with van der Waals surface area (Å²) in [7, 11) is 1.57. The Balaban J connectivity index is 1.82. The first-order valence-corrected chi connectivity index (χ1v) is 11.2. The Morgan fingerprint density at radius 2 is 1.91 bits per heavy atom. The van der Waals surface area contributed by atoms with Gasteiger partial charge in [0.2, 0.25) is 5.90 Å². The molecular weight excluding hydrogens is 432 g/mol. The molecule has 1 aromatic heterocycles. The highest BCUT2D eigenvalue weighted by atomic mass is 16.5. The van der Waals surface area contributed by atoms with E-state index in [1.165, 1.54) is 4.57 Å². The Morgan fingerprint density at radius 3 is 2.62 bits per heavy atom. The SMILES string of the molecule is Cc1ccc(CC2Cc3c(n(C)c(=O)n(CCCO)c3=O)N=C2Oc2ccccc2C#N)cc1. The summed E-state index contributed by atoms with van der Waals surface area (Å²) in [5.41, 5.74) is 2.15. The van der Waals surface area contributed by atoms with E-state index in [2.05, 4.69) is 11.1 Å².